The first kappa shape index (κ1) is 15.4. The van der Waals surface area contributed by atoms with Crippen molar-refractivity contribution < 1.29 is 8.42 Å². The molecule has 0 aromatic carbocycles. The lowest BCUT2D eigenvalue weighted by Crippen LogP contribution is -2.48. The first-order valence-electron chi connectivity index (χ1n) is 7.03. The molecule has 1 saturated heterocycles. The highest BCUT2D eigenvalue weighted by atomic mass is 32.2. The van der Waals surface area contributed by atoms with Crippen molar-refractivity contribution >= 4 is 10.0 Å². The van der Waals surface area contributed by atoms with Gasteiger partial charge in [0, 0.05) is 25.3 Å². The van der Waals surface area contributed by atoms with Gasteiger partial charge in [-0.3, -0.25) is 0 Å². The van der Waals surface area contributed by atoms with Crippen LogP contribution in [0.3, 0.4) is 0 Å². The van der Waals surface area contributed by atoms with Gasteiger partial charge in [0.05, 0.1) is 0 Å². The predicted octanol–water partition coefficient (Wildman–Crippen LogP) is 1.60. The molecule has 112 valence electrons. The lowest BCUT2D eigenvalue weighted by molar-refractivity contribution is 0.157. The Kier molecular flexibility index (Phi) is 4.46. The van der Waals surface area contributed by atoms with Crippen LogP contribution in [0.2, 0.25) is 0 Å². The van der Waals surface area contributed by atoms with Crippen molar-refractivity contribution in [3.05, 3.63) is 23.9 Å². The maximum atomic E-state index is 12.7. The van der Waals surface area contributed by atoms with Gasteiger partial charge < -0.3 is 5.73 Å². The Morgan fingerprint density at radius 2 is 2.05 bits per heavy atom. The molecule has 3 atom stereocenters. The summed E-state index contributed by atoms with van der Waals surface area (Å²) in [6, 6.07) is 3.28. The second kappa shape index (κ2) is 5.79. The van der Waals surface area contributed by atoms with Gasteiger partial charge in [0.1, 0.15) is 0 Å². The zero-order valence-corrected chi connectivity index (χ0v) is 13.1. The normalized spacial score (nSPS) is 28.5. The Bertz CT molecular complexity index is 556. The topological polar surface area (TPSA) is 76.3 Å². The van der Waals surface area contributed by atoms with Crippen molar-refractivity contribution in [3.63, 3.8) is 0 Å². The number of piperidine rings is 1. The number of sulfonamides is 1. The summed E-state index contributed by atoms with van der Waals surface area (Å²) in [5, 5.41) is 0.114. The fourth-order valence-electron chi connectivity index (χ4n) is 2.78. The number of nitrogens with zero attached hydrogens (tertiary/aromatic N) is 2. The van der Waals surface area contributed by atoms with Crippen LogP contribution >= 0.6 is 0 Å². The van der Waals surface area contributed by atoms with Crippen LogP contribution in [0.5, 0.6) is 0 Å². The zero-order chi connectivity index (χ0) is 14.9. The van der Waals surface area contributed by atoms with Gasteiger partial charge in [0.2, 0.25) is 0 Å². The third-order valence-corrected chi connectivity index (χ3v) is 6.02. The lowest BCUT2D eigenvalue weighted by Gasteiger charge is -2.39. The summed E-state index contributed by atoms with van der Waals surface area (Å²) in [5.41, 5.74) is 6.34. The molecule has 1 aromatic heterocycles. The van der Waals surface area contributed by atoms with Crippen LogP contribution in [0, 0.1) is 11.8 Å². The highest BCUT2D eigenvalue weighted by molar-refractivity contribution is 7.89. The molecule has 1 fully saturated rings. The molecule has 0 spiro atoms. The number of pyridine rings is 1. The smallest absolute Gasteiger partial charge is 0.260 e. The summed E-state index contributed by atoms with van der Waals surface area (Å²) in [6.07, 6.45) is 2.60. The summed E-state index contributed by atoms with van der Waals surface area (Å²) in [5.74, 6) is 0.733. The van der Waals surface area contributed by atoms with Crippen molar-refractivity contribution in [3.8, 4) is 0 Å². The Balaban J connectivity index is 2.32. The van der Waals surface area contributed by atoms with Gasteiger partial charge in [0.15, 0.2) is 5.03 Å². The molecule has 1 aliphatic heterocycles. The van der Waals surface area contributed by atoms with E-state index in [1.807, 2.05) is 6.92 Å². The number of aromatic nitrogens is 1. The van der Waals surface area contributed by atoms with Crippen LogP contribution in [-0.4, -0.2) is 30.3 Å². The van der Waals surface area contributed by atoms with E-state index in [-0.39, 0.29) is 11.1 Å². The highest BCUT2D eigenvalue weighted by Gasteiger charge is 2.37. The quantitative estimate of drug-likeness (QED) is 0.919. The standard InChI is InChI=1S/C14H23N3O2S/c1-10-6-11(2)12(3)17(9-10)20(18,19)14-5-4-13(7-15)8-16-14/h4-5,8,10-12H,6-7,9,15H2,1-3H3. The third-order valence-electron chi connectivity index (χ3n) is 4.15. The van der Waals surface area contributed by atoms with E-state index in [9.17, 15) is 8.42 Å². The summed E-state index contributed by atoms with van der Waals surface area (Å²) in [7, 11) is -3.52. The summed E-state index contributed by atoms with van der Waals surface area (Å²) in [4.78, 5) is 4.07. The van der Waals surface area contributed by atoms with Crippen molar-refractivity contribution in [2.24, 2.45) is 17.6 Å². The minimum atomic E-state index is -3.52. The molecule has 2 N–H and O–H groups in total. The number of nitrogens with two attached hydrogens (primary N) is 1. The van der Waals surface area contributed by atoms with Crippen LogP contribution in [0.1, 0.15) is 32.8 Å². The van der Waals surface area contributed by atoms with Crippen molar-refractivity contribution in [1.82, 2.24) is 9.29 Å². The SMILES string of the molecule is CC1CC(C)C(C)N(S(=O)(=O)c2ccc(CN)cn2)C1. The molecule has 0 amide bonds. The maximum absolute atomic E-state index is 12.7. The molecular formula is C14H23N3O2S. The van der Waals surface area contributed by atoms with E-state index in [1.165, 1.54) is 6.20 Å². The zero-order valence-electron chi connectivity index (χ0n) is 12.3. The monoisotopic (exact) mass is 297 g/mol. The second-order valence-electron chi connectivity index (χ2n) is 5.84. The van der Waals surface area contributed by atoms with Gasteiger partial charge in [-0.2, -0.15) is 4.31 Å². The van der Waals surface area contributed by atoms with Gasteiger partial charge in [-0.15, -0.1) is 0 Å². The van der Waals surface area contributed by atoms with Crippen LogP contribution in [0.15, 0.2) is 23.4 Å². The first-order valence-corrected chi connectivity index (χ1v) is 8.47. The Morgan fingerprint density at radius 1 is 1.35 bits per heavy atom. The average molecular weight is 297 g/mol. The first-order chi connectivity index (χ1) is 9.36. The molecule has 0 saturated carbocycles. The van der Waals surface area contributed by atoms with Gasteiger partial charge in [0.25, 0.3) is 10.0 Å². The predicted molar refractivity (Wildman–Crippen MR) is 78.4 cm³/mol. The van der Waals surface area contributed by atoms with E-state index in [2.05, 4.69) is 18.8 Å². The second-order valence-corrected chi connectivity index (χ2v) is 7.68. The van der Waals surface area contributed by atoms with Crippen LogP contribution in [-0.2, 0) is 16.6 Å². The molecule has 0 aliphatic carbocycles. The van der Waals surface area contributed by atoms with Gasteiger partial charge in [-0.25, -0.2) is 13.4 Å². The third kappa shape index (κ3) is 2.87. The van der Waals surface area contributed by atoms with Crippen molar-refractivity contribution in [1.29, 1.82) is 0 Å². The van der Waals surface area contributed by atoms with Crippen molar-refractivity contribution in [2.45, 2.75) is 44.8 Å². The molecule has 2 heterocycles. The van der Waals surface area contributed by atoms with E-state index < -0.39 is 10.0 Å². The van der Waals surface area contributed by atoms with Crippen LogP contribution < -0.4 is 5.73 Å². The van der Waals surface area contributed by atoms with E-state index in [0.29, 0.717) is 24.9 Å². The Hall–Kier alpha value is -0.980. The van der Waals surface area contributed by atoms with Crippen molar-refractivity contribution in [2.75, 3.05) is 6.54 Å². The molecule has 6 heteroatoms. The van der Waals surface area contributed by atoms with Gasteiger partial charge >= 0.3 is 0 Å². The molecule has 5 nitrogen and oxygen atoms in total. The van der Waals surface area contributed by atoms with Gasteiger partial charge in [-0.05, 0) is 36.8 Å². The molecule has 0 radical (unpaired) electrons. The molecule has 20 heavy (non-hydrogen) atoms. The summed E-state index contributed by atoms with van der Waals surface area (Å²) >= 11 is 0. The molecular weight excluding hydrogens is 274 g/mol. The minimum Gasteiger partial charge on any atom is -0.326 e. The number of rotatable bonds is 3. The van der Waals surface area contributed by atoms with Crippen LogP contribution in [0.4, 0.5) is 0 Å². The fourth-order valence-corrected chi connectivity index (χ4v) is 4.55. The summed E-state index contributed by atoms with van der Waals surface area (Å²) < 4.78 is 27.0. The highest BCUT2D eigenvalue weighted by Crippen LogP contribution is 2.31. The molecule has 1 aromatic rings. The molecule has 3 unspecified atom stereocenters. The maximum Gasteiger partial charge on any atom is 0.260 e. The fraction of sp³-hybridized carbons (Fsp3) is 0.643. The summed E-state index contributed by atoms with van der Waals surface area (Å²) in [6.45, 7) is 7.10. The minimum absolute atomic E-state index is 0.00665. The number of hydrogen-bond donors (Lipinski definition) is 1. The van der Waals surface area contributed by atoms with E-state index >= 15 is 0 Å². The lowest BCUT2D eigenvalue weighted by atomic mass is 9.88. The van der Waals surface area contributed by atoms with E-state index in [4.69, 9.17) is 5.73 Å². The Labute approximate surface area is 121 Å². The van der Waals surface area contributed by atoms with Gasteiger partial charge in [-0.1, -0.05) is 19.9 Å². The van der Waals surface area contributed by atoms with Crippen LogP contribution in [0.25, 0.3) is 0 Å². The van der Waals surface area contributed by atoms with E-state index in [0.717, 1.165) is 12.0 Å². The molecule has 2 rings (SSSR count). The average Bonchev–Trinajstić information content (AvgIpc) is 2.42. The largest absolute Gasteiger partial charge is 0.326 e. The number of hydrogen-bond acceptors (Lipinski definition) is 4. The Morgan fingerprint density at radius 3 is 2.60 bits per heavy atom. The van der Waals surface area contributed by atoms with E-state index in [1.54, 1.807) is 16.4 Å². The molecule has 0 bridgehead atoms. The molecule has 1 aliphatic rings.